The van der Waals surface area contributed by atoms with E-state index in [0.29, 0.717) is 24.1 Å². The van der Waals surface area contributed by atoms with Gasteiger partial charge >= 0.3 is 0 Å². The minimum Gasteiger partial charge on any atom is -0.374 e. The molecule has 1 aliphatic heterocycles. The normalized spacial score (nSPS) is 19.0. The van der Waals surface area contributed by atoms with E-state index in [-0.39, 0.29) is 11.8 Å². The van der Waals surface area contributed by atoms with E-state index in [1.165, 1.54) is 0 Å². The molecule has 1 saturated heterocycles. The quantitative estimate of drug-likeness (QED) is 0.761. The van der Waals surface area contributed by atoms with Crippen molar-refractivity contribution in [1.29, 1.82) is 5.26 Å². The summed E-state index contributed by atoms with van der Waals surface area (Å²) in [5.74, 6) is -0.551. The van der Waals surface area contributed by atoms with E-state index in [9.17, 15) is 9.59 Å². The summed E-state index contributed by atoms with van der Waals surface area (Å²) in [5, 5.41) is 14.3. The molecule has 0 aliphatic carbocycles. The molecule has 1 aromatic carbocycles. The van der Waals surface area contributed by atoms with E-state index in [1.54, 1.807) is 6.07 Å². The number of hydrogen-bond acceptors (Lipinski definition) is 4. The molecule has 1 heterocycles. The van der Waals surface area contributed by atoms with Crippen molar-refractivity contribution in [3.05, 3.63) is 29.3 Å². The number of imide groups is 1. The topological polar surface area (TPSA) is 82.0 Å². The maximum Gasteiger partial charge on any atom is 0.249 e. The molecule has 2 amide bonds. The number of nitrogens with one attached hydrogen (secondary N) is 2. The second kappa shape index (κ2) is 4.88. The average molecular weight is 243 g/mol. The fourth-order valence-corrected chi connectivity index (χ4v) is 1.86. The second-order valence-corrected chi connectivity index (χ2v) is 4.29. The van der Waals surface area contributed by atoms with Gasteiger partial charge in [0.1, 0.15) is 6.04 Å². The van der Waals surface area contributed by atoms with Gasteiger partial charge in [-0.25, -0.2) is 0 Å². The van der Waals surface area contributed by atoms with E-state index in [2.05, 4.69) is 16.7 Å². The Morgan fingerprint density at radius 2 is 2.22 bits per heavy atom. The maximum atomic E-state index is 11.6. The molecule has 0 bridgehead atoms. The molecular weight excluding hydrogens is 230 g/mol. The van der Waals surface area contributed by atoms with Gasteiger partial charge in [-0.1, -0.05) is 6.07 Å². The van der Waals surface area contributed by atoms with Gasteiger partial charge in [-0.15, -0.1) is 0 Å². The Morgan fingerprint density at radius 3 is 2.89 bits per heavy atom. The Labute approximate surface area is 105 Å². The Balaban J connectivity index is 2.12. The van der Waals surface area contributed by atoms with Gasteiger partial charge in [0, 0.05) is 12.1 Å². The van der Waals surface area contributed by atoms with Gasteiger partial charge in [0.25, 0.3) is 0 Å². The van der Waals surface area contributed by atoms with Crippen LogP contribution in [0, 0.1) is 18.3 Å². The molecule has 5 nitrogen and oxygen atoms in total. The molecule has 2 rings (SSSR count). The summed E-state index contributed by atoms with van der Waals surface area (Å²) >= 11 is 0. The minimum absolute atomic E-state index is 0.236. The van der Waals surface area contributed by atoms with Gasteiger partial charge in [-0.05, 0) is 31.0 Å². The van der Waals surface area contributed by atoms with Crippen molar-refractivity contribution in [2.24, 2.45) is 0 Å². The lowest BCUT2D eigenvalue weighted by atomic mass is 10.0. The van der Waals surface area contributed by atoms with Crippen LogP contribution >= 0.6 is 0 Å². The summed E-state index contributed by atoms with van der Waals surface area (Å²) in [4.78, 5) is 22.6. The standard InChI is InChI=1S/C13H13N3O2/c1-8-2-3-10(6-9(8)7-14)15-11-4-5-12(17)16-13(11)18/h2-3,6,11,15H,4-5H2,1H3,(H,16,17,18). The zero-order valence-corrected chi connectivity index (χ0v) is 9.99. The molecule has 0 radical (unpaired) electrons. The van der Waals surface area contributed by atoms with Gasteiger partial charge in [0.2, 0.25) is 11.8 Å². The monoisotopic (exact) mass is 243 g/mol. The number of amides is 2. The maximum absolute atomic E-state index is 11.6. The third-order valence-corrected chi connectivity index (χ3v) is 2.94. The minimum atomic E-state index is -0.419. The zero-order valence-electron chi connectivity index (χ0n) is 9.99. The number of anilines is 1. The van der Waals surface area contributed by atoms with Gasteiger partial charge in [-0.2, -0.15) is 5.26 Å². The summed E-state index contributed by atoms with van der Waals surface area (Å²) in [7, 11) is 0. The number of piperidine rings is 1. The van der Waals surface area contributed by atoms with Crippen LogP contribution in [0.5, 0.6) is 0 Å². The first-order valence-electron chi connectivity index (χ1n) is 5.71. The molecule has 2 N–H and O–H groups in total. The SMILES string of the molecule is Cc1ccc(NC2CCC(=O)NC2=O)cc1C#N. The van der Waals surface area contributed by atoms with Crippen molar-refractivity contribution in [3.8, 4) is 6.07 Å². The molecule has 1 aromatic rings. The second-order valence-electron chi connectivity index (χ2n) is 4.29. The van der Waals surface area contributed by atoms with Crippen molar-refractivity contribution in [2.45, 2.75) is 25.8 Å². The molecule has 1 atom stereocenters. The van der Waals surface area contributed by atoms with Crippen LogP contribution in [-0.4, -0.2) is 17.9 Å². The predicted octanol–water partition coefficient (Wildman–Crippen LogP) is 1.08. The van der Waals surface area contributed by atoms with Gasteiger partial charge in [-0.3, -0.25) is 14.9 Å². The summed E-state index contributed by atoms with van der Waals surface area (Å²) in [6, 6.07) is 7.03. The number of nitriles is 1. The van der Waals surface area contributed by atoms with Gasteiger partial charge in [0.15, 0.2) is 0 Å². The number of carbonyl (C=O) groups is 2. The molecule has 0 spiro atoms. The van der Waals surface area contributed by atoms with Gasteiger partial charge < -0.3 is 5.32 Å². The van der Waals surface area contributed by atoms with Crippen molar-refractivity contribution in [1.82, 2.24) is 5.32 Å². The number of aryl methyl sites for hydroxylation is 1. The largest absolute Gasteiger partial charge is 0.374 e. The number of nitrogens with zero attached hydrogens (tertiary/aromatic N) is 1. The van der Waals surface area contributed by atoms with Crippen LogP contribution in [0.25, 0.3) is 0 Å². The van der Waals surface area contributed by atoms with E-state index >= 15 is 0 Å². The molecule has 1 fully saturated rings. The number of benzene rings is 1. The third kappa shape index (κ3) is 2.48. The fraction of sp³-hybridized carbons (Fsp3) is 0.308. The highest BCUT2D eigenvalue weighted by molar-refractivity contribution is 6.01. The summed E-state index contributed by atoms with van der Waals surface area (Å²) in [6.07, 6.45) is 0.806. The van der Waals surface area contributed by atoms with Crippen LogP contribution < -0.4 is 10.6 Å². The number of hydrogen-bond donors (Lipinski definition) is 2. The van der Waals surface area contributed by atoms with Gasteiger partial charge in [0.05, 0.1) is 11.6 Å². The highest BCUT2D eigenvalue weighted by atomic mass is 16.2. The fourth-order valence-electron chi connectivity index (χ4n) is 1.86. The van der Waals surface area contributed by atoms with E-state index in [0.717, 1.165) is 5.56 Å². The lowest BCUT2D eigenvalue weighted by molar-refractivity contribution is -0.133. The first-order chi connectivity index (χ1) is 8.60. The molecule has 0 aromatic heterocycles. The summed E-state index contributed by atoms with van der Waals surface area (Å²) in [5.41, 5.74) is 2.19. The lowest BCUT2D eigenvalue weighted by Gasteiger charge is -2.22. The summed E-state index contributed by atoms with van der Waals surface area (Å²) < 4.78 is 0. The molecule has 92 valence electrons. The van der Waals surface area contributed by atoms with E-state index in [4.69, 9.17) is 5.26 Å². The average Bonchev–Trinajstić information content (AvgIpc) is 2.35. The summed E-state index contributed by atoms with van der Waals surface area (Å²) in [6.45, 7) is 1.86. The van der Waals surface area contributed by atoms with E-state index < -0.39 is 6.04 Å². The van der Waals surface area contributed by atoms with Crippen LogP contribution in [0.1, 0.15) is 24.0 Å². The Kier molecular flexibility index (Phi) is 3.28. The van der Waals surface area contributed by atoms with E-state index in [1.807, 2.05) is 19.1 Å². The lowest BCUT2D eigenvalue weighted by Crippen LogP contribution is -2.47. The van der Waals surface area contributed by atoms with Crippen LogP contribution in [0.3, 0.4) is 0 Å². The first-order valence-corrected chi connectivity index (χ1v) is 5.71. The molecular formula is C13H13N3O2. The number of rotatable bonds is 2. The predicted molar refractivity (Wildman–Crippen MR) is 65.7 cm³/mol. The highest BCUT2D eigenvalue weighted by Gasteiger charge is 2.26. The highest BCUT2D eigenvalue weighted by Crippen LogP contribution is 2.17. The van der Waals surface area contributed by atoms with Crippen molar-refractivity contribution < 1.29 is 9.59 Å². The van der Waals surface area contributed by atoms with Crippen LogP contribution in [-0.2, 0) is 9.59 Å². The van der Waals surface area contributed by atoms with Crippen LogP contribution in [0.4, 0.5) is 5.69 Å². The van der Waals surface area contributed by atoms with Crippen molar-refractivity contribution >= 4 is 17.5 Å². The zero-order chi connectivity index (χ0) is 13.1. The Bertz CT molecular complexity index is 546. The van der Waals surface area contributed by atoms with Crippen molar-refractivity contribution in [2.75, 3.05) is 5.32 Å². The molecule has 0 saturated carbocycles. The molecule has 1 aliphatic rings. The third-order valence-electron chi connectivity index (χ3n) is 2.94. The number of carbonyl (C=O) groups excluding carboxylic acids is 2. The molecule has 18 heavy (non-hydrogen) atoms. The Hall–Kier alpha value is -2.35. The molecule has 1 unspecified atom stereocenters. The molecule has 5 heteroatoms. The van der Waals surface area contributed by atoms with Crippen LogP contribution in [0.2, 0.25) is 0 Å². The van der Waals surface area contributed by atoms with Crippen LogP contribution in [0.15, 0.2) is 18.2 Å². The Morgan fingerprint density at radius 1 is 1.44 bits per heavy atom. The first kappa shape index (κ1) is 12.1. The smallest absolute Gasteiger partial charge is 0.249 e. The van der Waals surface area contributed by atoms with Crippen molar-refractivity contribution in [3.63, 3.8) is 0 Å².